The molecule has 0 unspecified atom stereocenters. The lowest BCUT2D eigenvalue weighted by Gasteiger charge is -2.14. The number of aliphatic imine (C=N–C) groups is 1. The average molecular weight is 497 g/mol. The number of benzene rings is 1. The fraction of sp³-hybridized carbons (Fsp3) is 0.316. The van der Waals surface area contributed by atoms with E-state index in [0.717, 1.165) is 23.6 Å². The molecule has 0 amide bonds. The predicted octanol–water partition coefficient (Wildman–Crippen LogP) is 2.81. The minimum absolute atomic E-state index is 0. The Bertz CT molecular complexity index is 939. The molecule has 2 heterocycles. The molecule has 2 N–H and O–H groups in total. The number of guanidine groups is 1. The molecule has 3 aromatic rings. The van der Waals surface area contributed by atoms with Crippen molar-refractivity contribution in [1.29, 1.82) is 0 Å². The van der Waals surface area contributed by atoms with Gasteiger partial charge in [-0.2, -0.15) is 0 Å². The summed E-state index contributed by atoms with van der Waals surface area (Å²) in [6, 6.07) is 10.9. The first-order chi connectivity index (χ1) is 13.1. The molecule has 0 aliphatic carbocycles. The Morgan fingerprint density at radius 3 is 2.71 bits per heavy atom. The number of halogens is 2. The maximum Gasteiger partial charge on any atom is 0.191 e. The van der Waals surface area contributed by atoms with Gasteiger partial charge in [-0.25, -0.2) is 9.38 Å². The van der Waals surface area contributed by atoms with Crippen LogP contribution in [0.25, 0.3) is 5.65 Å². The fourth-order valence-electron chi connectivity index (χ4n) is 2.70. The van der Waals surface area contributed by atoms with Gasteiger partial charge in [0, 0.05) is 26.8 Å². The third-order valence-electron chi connectivity index (χ3n) is 4.06. The van der Waals surface area contributed by atoms with Gasteiger partial charge < -0.3 is 15.5 Å². The summed E-state index contributed by atoms with van der Waals surface area (Å²) in [6.07, 6.45) is 1.92. The lowest BCUT2D eigenvalue weighted by molar-refractivity contribution is 0.624. The van der Waals surface area contributed by atoms with Gasteiger partial charge in [-0.3, -0.25) is 4.40 Å². The second-order valence-electron chi connectivity index (χ2n) is 6.27. The third-order valence-corrected chi connectivity index (χ3v) is 4.06. The maximum absolute atomic E-state index is 14.1. The Balaban J connectivity index is 0.00000280. The van der Waals surface area contributed by atoms with Gasteiger partial charge in [0.05, 0.1) is 18.8 Å². The summed E-state index contributed by atoms with van der Waals surface area (Å²) in [4.78, 5) is 6.28. The second kappa shape index (κ2) is 10.2. The Hall–Kier alpha value is -2.43. The number of anilines is 1. The molecule has 0 radical (unpaired) electrons. The van der Waals surface area contributed by atoms with Crippen LogP contribution in [0, 0.1) is 5.82 Å². The van der Waals surface area contributed by atoms with E-state index in [1.54, 1.807) is 11.0 Å². The normalized spacial score (nSPS) is 11.2. The van der Waals surface area contributed by atoms with Crippen LogP contribution in [0.2, 0.25) is 0 Å². The van der Waals surface area contributed by atoms with Crippen LogP contribution >= 0.6 is 24.0 Å². The van der Waals surface area contributed by atoms with Crippen molar-refractivity contribution in [2.24, 2.45) is 4.99 Å². The molecule has 0 saturated carbocycles. The fourth-order valence-corrected chi connectivity index (χ4v) is 2.70. The number of hydrogen-bond donors (Lipinski definition) is 2. The zero-order valence-corrected chi connectivity index (χ0v) is 18.5. The van der Waals surface area contributed by atoms with E-state index in [0.29, 0.717) is 24.7 Å². The molecule has 7 nitrogen and oxygen atoms in total. The van der Waals surface area contributed by atoms with Crippen molar-refractivity contribution < 1.29 is 4.39 Å². The molecule has 1 aromatic carbocycles. The second-order valence-corrected chi connectivity index (χ2v) is 6.27. The van der Waals surface area contributed by atoms with Crippen LogP contribution < -0.4 is 15.5 Å². The summed E-state index contributed by atoms with van der Waals surface area (Å²) >= 11 is 0. The lowest BCUT2D eigenvalue weighted by Crippen LogP contribution is -2.37. The summed E-state index contributed by atoms with van der Waals surface area (Å²) in [5.74, 6) is 1.18. The smallest absolute Gasteiger partial charge is 0.191 e. The molecule has 3 rings (SSSR count). The van der Waals surface area contributed by atoms with E-state index in [9.17, 15) is 4.39 Å². The number of rotatable bonds is 6. The van der Waals surface area contributed by atoms with Crippen LogP contribution in [0.4, 0.5) is 10.1 Å². The minimum atomic E-state index is -0.249. The largest absolute Gasteiger partial charge is 0.375 e. The van der Waals surface area contributed by atoms with Crippen molar-refractivity contribution in [3.05, 3.63) is 59.8 Å². The highest BCUT2D eigenvalue weighted by atomic mass is 127. The highest BCUT2D eigenvalue weighted by Crippen LogP contribution is 2.18. The topological polar surface area (TPSA) is 69.8 Å². The zero-order chi connectivity index (χ0) is 19.2. The highest BCUT2D eigenvalue weighted by molar-refractivity contribution is 14.0. The van der Waals surface area contributed by atoms with Gasteiger partial charge in [0.1, 0.15) is 5.82 Å². The number of fused-ring (bicyclic) bond motifs is 1. The first-order valence-corrected chi connectivity index (χ1v) is 8.85. The van der Waals surface area contributed by atoms with Crippen molar-refractivity contribution in [2.45, 2.75) is 20.0 Å². The van der Waals surface area contributed by atoms with Gasteiger partial charge in [-0.05, 0) is 36.8 Å². The molecule has 0 saturated heterocycles. The Labute approximate surface area is 181 Å². The zero-order valence-electron chi connectivity index (χ0n) is 16.2. The van der Waals surface area contributed by atoms with E-state index < -0.39 is 0 Å². The van der Waals surface area contributed by atoms with E-state index in [1.165, 1.54) is 6.07 Å². The lowest BCUT2D eigenvalue weighted by atomic mass is 10.2. The molecule has 28 heavy (non-hydrogen) atoms. The van der Waals surface area contributed by atoms with Gasteiger partial charge in [-0.1, -0.05) is 12.1 Å². The van der Waals surface area contributed by atoms with E-state index in [-0.39, 0.29) is 29.8 Å². The van der Waals surface area contributed by atoms with Crippen molar-refractivity contribution in [2.75, 3.05) is 25.5 Å². The molecule has 0 bridgehead atoms. The van der Waals surface area contributed by atoms with Crippen LogP contribution in [0.3, 0.4) is 0 Å². The Morgan fingerprint density at radius 2 is 2.00 bits per heavy atom. The molecular weight excluding hydrogens is 472 g/mol. The summed E-state index contributed by atoms with van der Waals surface area (Å²) < 4.78 is 16.0. The summed E-state index contributed by atoms with van der Waals surface area (Å²) in [7, 11) is 3.63. The van der Waals surface area contributed by atoms with Crippen LogP contribution in [-0.2, 0) is 13.1 Å². The van der Waals surface area contributed by atoms with E-state index in [2.05, 4.69) is 25.8 Å². The number of aromatic nitrogens is 3. The van der Waals surface area contributed by atoms with Crippen LogP contribution in [0.1, 0.15) is 18.3 Å². The molecular formula is C19H25FIN7. The summed E-state index contributed by atoms with van der Waals surface area (Å²) in [5, 5.41) is 14.8. The Kier molecular flexibility index (Phi) is 7.97. The number of nitrogens with one attached hydrogen (secondary N) is 2. The third kappa shape index (κ3) is 5.31. The molecule has 9 heteroatoms. The van der Waals surface area contributed by atoms with Gasteiger partial charge in [0.15, 0.2) is 17.4 Å². The van der Waals surface area contributed by atoms with E-state index in [1.807, 2.05) is 55.9 Å². The quantitative estimate of drug-likeness (QED) is 0.312. The van der Waals surface area contributed by atoms with Gasteiger partial charge >= 0.3 is 0 Å². The van der Waals surface area contributed by atoms with Crippen LogP contribution in [0.15, 0.2) is 47.6 Å². The van der Waals surface area contributed by atoms with Crippen LogP contribution in [-0.4, -0.2) is 41.2 Å². The highest BCUT2D eigenvalue weighted by Gasteiger charge is 2.07. The van der Waals surface area contributed by atoms with E-state index in [4.69, 9.17) is 0 Å². The molecule has 0 fully saturated rings. The van der Waals surface area contributed by atoms with Crippen molar-refractivity contribution in [1.82, 2.24) is 25.2 Å². The van der Waals surface area contributed by atoms with Crippen molar-refractivity contribution in [3.63, 3.8) is 0 Å². The number of nitrogens with zero attached hydrogens (tertiary/aromatic N) is 5. The average Bonchev–Trinajstić information content (AvgIpc) is 3.07. The van der Waals surface area contributed by atoms with Crippen molar-refractivity contribution in [3.8, 4) is 0 Å². The number of hydrogen-bond acceptors (Lipinski definition) is 4. The molecule has 2 aromatic heterocycles. The number of pyridine rings is 1. The standard InChI is InChI=1S/C19H24FN7.HI/c1-4-21-19(22-12-14-8-9-16(26(2)3)15(20)11-14)23-13-18-25-24-17-7-5-6-10-27(17)18;/h5-11H,4,12-13H2,1-3H3,(H2,21,22,23);1H. The molecule has 0 spiro atoms. The molecule has 0 aliphatic rings. The maximum atomic E-state index is 14.1. The van der Waals surface area contributed by atoms with Gasteiger partial charge in [0.25, 0.3) is 0 Å². The SMILES string of the molecule is CCNC(=NCc1ccc(N(C)C)c(F)c1)NCc1nnc2ccccn12.I. The predicted molar refractivity (Wildman–Crippen MR) is 121 cm³/mol. The van der Waals surface area contributed by atoms with Crippen LogP contribution in [0.5, 0.6) is 0 Å². The minimum Gasteiger partial charge on any atom is -0.375 e. The van der Waals surface area contributed by atoms with Gasteiger partial charge in [-0.15, -0.1) is 34.2 Å². The van der Waals surface area contributed by atoms with Crippen molar-refractivity contribution >= 4 is 41.3 Å². The monoisotopic (exact) mass is 497 g/mol. The molecule has 0 aliphatic heterocycles. The van der Waals surface area contributed by atoms with Gasteiger partial charge in [0.2, 0.25) is 0 Å². The first kappa shape index (κ1) is 21.9. The summed E-state index contributed by atoms with van der Waals surface area (Å²) in [5.41, 5.74) is 2.17. The summed E-state index contributed by atoms with van der Waals surface area (Å²) in [6.45, 7) is 3.57. The molecule has 0 atom stereocenters. The molecule has 150 valence electrons. The first-order valence-electron chi connectivity index (χ1n) is 8.85. The van der Waals surface area contributed by atoms with E-state index >= 15 is 0 Å². The Morgan fingerprint density at radius 1 is 1.18 bits per heavy atom.